The lowest BCUT2D eigenvalue weighted by molar-refractivity contribution is 0.0175. The number of hydrazine groups is 1. The molecule has 0 aromatic rings. The van der Waals surface area contributed by atoms with Crippen LogP contribution in [0.4, 0.5) is 4.79 Å². The monoisotopic (exact) mass is 253 g/mol. The van der Waals surface area contributed by atoms with Gasteiger partial charge in [0.15, 0.2) is 6.19 Å². The Morgan fingerprint density at radius 3 is 2.56 bits per heavy atom. The number of ether oxygens (including phenoxy) is 1. The summed E-state index contributed by atoms with van der Waals surface area (Å²) in [5, 5.41) is 11.0. The van der Waals surface area contributed by atoms with Gasteiger partial charge in [0, 0.05) is 14.1 Å². The predicted octanol–water partition coefficient (Wildman–Crippen LogP) is 2.74. The van der Waals surface area contributed by atoms with Crippen LogP contribution in [0.3, 0.4) is 0 Å². The topological polar surface area (TPSA) is 56.6 Å². The maximum absolute atomic E-state index is 11.7. The minimum Gasteiger partial charge on any atom is -0.445 e. The molecule has 0 N–H and O–H groups in total. The average Bonchev–Trinajstić information content (AvgIpc) is 2.37. The van der Waals surface area contributed by atoms with Crippen LogP contribution in [-0.4, -0.2) is 36.3 Å². The molecule has 1 aliphatic carbocycles. The van der Waals surface area contributed by atoms with E-state index < -0.39 is 6.09 Å². The Morgan fingerprint density at radius 1 is 1.39 bits per heavy atom. The van der Waals surface area contributed by atoms with E-state index in [1.807, 2.05) is 13.1 Å². The Labute approximate surface area is 109 Å². The number of hydrogen-bond acceptors (Lipinski definition) is 4. The SMILES string of the molecule is C[C@@H](CC1CCCCC1)OC(=O)N(C)N(C)C#N. The van der Waals surface area contributed by atoms with Gasteiger partial charge in [0.05, 0.1) is 0 Å². The Kier molecular flexibility index (Phi) is 5.76. The summed E-state index contributed by atoms with van der Waals surface area (Å²) in [5.74, 6) is 0.681. The minimum absolute atomic E-state index is 0.0878. The third-order valence-electron chi connectivity index (χ3n) is 3.55. The molecule has 5 heteroatoms. The standard InChI is InChI=1S/C13H23N3O2/c1-11(9-12-7-5-4-6-8-12)18-13(17)16(3)15(2)10-14/h11-12H,4-9H2,1-3H3/t11-/m0/s1. The molecule has 5 nitrogen and oxygen atoms in total. The lowest BCUT2D eigenvalue weighted by atomic mass is 9.86. The van der Waals surface area contributed by atoms with Crippen LogP contribution in [0.5, 0.6) is 0 Å². The molecule has 18 heavy (non-hydrogen) atoms. The second-order valence-corrected chi connectivity index (χ2v) is 5.08. The summed E-state index contributed by atoms with van der Waals surface area (Å²) in [6.45, 7) is 1.92. The molecule has 1 saturated carbocycles. The number of carbonyl (C=O) groups is 1. The Hall–Kier alpha value is -1.44. The molecule has 0 heterocycles. The zero-order valence-electron chi connectivity index (χ0n) is 11.6. The highest BCUT2D eigenvalue weighted by molar-refractivity contribution is 5.66. The maximum atomic E-state index is 11.7. The average molecular weight is 253 g/mol. The minimum atomic E-state index is -0.470. The molecule has 1 aliphatic rings. The number of rotatable bonds is 4. The van der Waals surface area contributed by atoms with Crippen molar-refractivity contribution in [1.82, 2.24) is 10.0 Å². The lowest BCUT2D eigenvalue weighted by Crippen LogP contribution is -2.40. The van der Waals surface area contributed by atoms with Gasteiger partial charge in [-0.1, -0.05) is 32.1 Å². The predicted molar refractivity (Wildman–Crippen MR) is 68.3 cm³/mol. The molecule has 0 aromatic heterocycles. The van der Waals surface area contributed by atoms with E-state index in [1.165, 1.54) is 51.2 Å². The van der Waals surface area contributed by atoms with E-state index in [2.05, 4.69) is 0 Å². The van der Waals surface area contributed by atoms with Gasteiger partial charge in [0.2, 0.25) is 0 Å². The molecule has 0 radical (unpaired) electrons. The zero-order chi connectivity index (χ0) is 13.5. The zero-order valence-corrected chi connectivity index (χ0v) is 11.6. The Balaban J connectivity index is 2.32. The largest absolute Gasteiger partial charge is 0.445 e. The molecule has 1 fully saturated rings. The first-order valence-electron chi connectivity index (χ1n) is 6.62. The van der Waals surface area contributed by atoms with Crippen LogP contribution in [0.2, 0.25) is 0 Å². The smallest absolute Gasteiger partial charge is 0.429 e. The molecule has 1 atom stereocenters. The van der Waals surface area contributed by atoms with Gasteiger partial charge in [0.1, 0.15) is 6.10 Å². The highest BCUT2D eigenvalue weighted by Crippen LogP contribution is 2.28. The molecule has 0 aliphatic heterocycles. The second-order valence-electron chi connectivity index (χ2n) is 5.08. The number of nitrogens with zero attached hydrogens (tertiary/aromatic N) is 3. The third kappa shape index (κ3) is 4.44. The van der Waals surface area contributed by atoms with Crippen LogP contribution in [0.15, 0.2) is 0 Å². The van der Waals surface area contributed by atoms with Gasteiger partial charge in [0.25, 0.3) is 0 Å². The first-order chi connectivity index (χ1) is 8.54. The summed E-state index contributed by atoms with van der Waals surface area (Å²) in [7, 11) is 3.05. The summed E-state index contributed by atoms with van der Waals surface area (Å²) in [6, 6.07) is 0. The van der Waals surface area contributed by atoms with E-state index in [0.29, 0.717) is 5.92 Å². The fourth-order valence-corrected chi connectivity index (χ4v) is 2.38. The van der Waals surface area contributed by atoms with Gasteiger partial charge < -0.3 is 4.74 Å². The summed E-state index contributed by atoms with van der Waals surface area (Å²) in [6.07, 6.45) is 8.64. The van der Waals surface area contributed by atoms with E-state index in [-0.39, 0.29) is 6.10 Å². The molecular formula is C13H23N3O2. The second kappa shape index (κ2) is 7.10. The van der Waals surface area contributed by atoms with Gasteiger partial charge in [-0.05, 0) is 19.3 Å². The van der Waals surface area contributed by atoms with E-state index in [0.717, 1.165) is 11.4 Å². The fraction of sp³-hybridized carbons (Fsp3) is 0.846. The summed E-state index contributed by atoms with van der Waals surface area (Å²) in [4.78, 5) is 11.7. The van der Waals surface area contributed by atoms with Crippen molar-refractivity contribution in [3.63, 3.8) is 0 Å². The Bertz CT molecular complexity index is 308. The van der Waals surface area contributed by atoms with Crippen LogP contribution < -0.4 is 0 Å². The van der Waals surface area contributed by atoms with E-state index in [4.69, 9.17) is 10.00 Å². The molecule has 0 spiro atoms. The highest BCUT2D eigenvalue weighted by Gasteiger charge is 2.21. The van der Waals surface area contributed by atoms with E-state index >= 15 is 0 Å². The van der Waals surface area contributed by atoms with Gasteiger partial charge in [-0.15, -0.1) is 0 Å². The highest BCUT2D eigenvalue weighted by atomic mass is 16.6. The number of amides is 1. The van der Waals surface area contributed by atoms with Crippen molar-refractivity contribution in [2.75, 3.05) is 14.1 Å². The van der Waals surface area contributed by atoms with Crippen LogP contribution >= 0.6 is 0 Å². The third-order valence-corrected chi connectivity index (χ3v) is 3.55. The lowest BCUT2D eigenvalue weighted by Gasteiger charge is -2.27. The normalized spacial score (nSPS) is 17.7. The van der Waals surface area contributed by atoms with E-state index in [1.54, 1.807) is 0 Å². The molecule has 0 unspecified atom stereocenters. The molecule has 1 rings (SSSR count). The van der Waals surface area contributed by atoms with Crippen molar-refractivity contribution in [2.45, 2.75) is 51.6 Å². The quantitative estimate of drug-likeness (QED) is 0.439. The fourth-order valence-electron chi connectivity index (χ4n) is 2.38. The molecular weight excluding hydrogens is 230 g/mol. The summed E-state index contributed by atoms with van der Waals surface area (Å²) >= 11 is 0. The molecule has 0 aromatic carbocycles. The molecule has 102 valence electrons. The first kappa shape index (κ1) is 14.6. The van der Waals surface area contributed by atoms with Crippen LogP contribution in [0, 0.1) is 17.4 Å². The van der Waals surface area contributed by atoms with Gasteiger partial charge in [-0.3, -0.25) is 0 Å². The summed E-state index contributed by atoms with van der Waals surface area (Å²) < 4.78 is 5.33. The summed E-state index contributed by atoms with van der Waals surface area (Å²) in [5.41, 5.74) is 0. The van der Waals surface area contributed by atoms with Gasteiger partial charge in [-0.25, -0.2) is 14.8 Å². The maximum Gasteiger partial charge on any atom is 0.429 e. The molecule has 0 bridgehead atoms. The van der Waals surface area contributed by atoms with Crippen LogP contribution in [0.1, 0.15) is 45.4 Å². The first-order valence-corrected chi connectivity index (χ1v) is 6.62. The van der Waals surface area contributed by atoms with Crippen LogP contribution in [-0.2, 0) is 4.74 Å². The number of hydrogen-bond donors (Lipinski definition) is 0. The van der Waals surface area contributed by atoms with Crippen LogP contribution in [0.25, 0.3) is 0 Å². The Morgan fingerprint density at radius 2 is 2.00 bits per heavy atom. The number of nitriles is 1. The van der Waals surface area contributed by atoms with Crippen molar-refractivity contribution >= 4 is 6.09 Å². The van der Waals surface area contributed by atoms with Crippen molar-refractivity contribution in [3.8, 4) is 6.19 Å². The number of carbonyl (C=O) groups excluding carboxylic acids is 1. The molecule has 0 saturated heterocycles. The van der Waals surface area contributed by atoms with Gasteiger partial charge in [-0.2, -0.15) is 5.26 Å². The van der Waals surface area contributed by atoms with Gasteiger partial charge >= 0.3 is 6.09 Å². The van der Waals surface area contributed by atoms with Crippen molar-refractivity contribution in [1.29, 1.82) is 5.26 Å². The van der Waals surface area contributed by atoms with Crippen molar-refractivity contribution < 1.29 is 9.53 Å². The molecule has 1 amide bonds. The van der Waals surface area contributed by atoms with Crippen molar-refractivity contribution in [2.24, 2.45) is 5.92 Å². The van der Waals surface area contributed by atoms with E-state index in [9.17, 15) is 4.79 Å². The van der Waals surface area contributed by atoms with Crippen molar-refractivity contribution in [3.05, 3.63) is 0 Å².